The molecule has 0 bridgehead atoms. The van der Waals surface area contributed by atoms with E-state index >= 15 is 0 Å². The van der Waals surface area contributed by atoms with Crippen LogP contribution >= 0.6 is 11.8 Å². The predicted molar refractivity (Wildman–Crippen MR) is 110 cm³/mol. The van der Waals surface area contributed by atoms with E-state index in [-0.39, 0.29) is 29.1 Å². The van der Waals surface area contributed by atoms with Gasteiger partial charge in [0.2, 0.25) is 0 Å². The van der Waals surface area contributed by atoms with Crippen molar-refractivity contribution in [1.82, 2.24) is 25.3 Å². The summed E-state index contributed by atoms with van der Waals surface area (Å²) in [5.74, 6) is -0.536. The molecular weight excluding hydrogens is 388 g/mol. The second kappa shape index (κ2) is 8.75. The normalized spacial score (nSPS) is 11.7. The van der Waals surface area contributed by atoms with Gasteiger partial charge < -0.3 is 5.32 Å². The minimum Gasteiger partial charge on any atom is -0.346 e. The average molecular weight is 408 g/mol. The van der Waals surface area contributed by atoms with Crippen LogP contribution in [0.25, 0.3) is 11.3 Å². The summed E-state index contributed by atoms with van der Waals surface area (Å²) in [5.41, 5.74) is 2.83. The summed E-state index contributed by atoms with van der Waals surface area (Å²) >= 11 is 1.52. The van der Waals surface area contributed by atoms with Gasteiger partial charge in [-0.25, -0.2) is 0 Å². The molecule has 0 saturated heterocycles. The van der Waals surface area contributed by atoms with E-state index in [2.05, 4.69) is 26.7 Å². The smallest absolute Gasteiger partial charge is 0.269 e. The fourth-order valence-electron chi connectivity index (χ4n) is 2.81. The molecule has 0 aliphatic carbocycles. The first-order valence-electron chi connectivity index (χ1n) is 8.90. The molecule has 148 valence electrons. The second-order valence-electron chi connectivity index (χ2n) is 6.55. The Labute approximate surface area is 172 Å². The molecule has 0 aliphatic rings. The lowest BCUT2D eigenvalue weighted by atomic mass is 10.1. The van der Waals surface area contributed by atoms with Crippen LogP contribution in [0, 0.1) is 11.3 Å². The van der Waals surface area contributed by atoms with Crippen LogP contribution < -0.4 is 5.32 Å². The summed E-state index contributed by atoms with van der Waals surface area (Å²) in [6.45, 7) is 3.74. The monoisotopic (exact) mass is 408 g/mol. The second-order valence-corrected chi connectivity index (χ2v) is 7.40. The van der Waals surface area contributed by atoms with Gasteiger partial charge in [-0.1, -0.05) is 6.07 Å². The van der Waals surface area contributed by atoms with E-state index in [1.165, 1.54) is 24.8 Å². The summed E-state index contributed by atoms with van der Waals surface area (Å²) in [4.78, 5) is 24.5. The molecule has 3 aromatic rings. The number of Topliss-reactive ketones (excluding diaryl/α,β-unsaturated/α-hetero) is 1. The number of nitriles is 1. The molecule has 29 heavy (non-hydrogen) atoms. The molecule has 8 nitrogen and oxygen atoms in total. The van der Waals surface area contributed by atoms with E-state index in [0.29, 0.717) is 12.1 Å². The van der Waals surface area contributed by atoms with Gasteiger partial charge in [0.1, 0.15) is 17.5 Å². The van der Waals surface area contributed by atoms with E-state index in [9.17, 15) is 9.59 Å². The number of rotatable bonds is 7. The summed E-state index contributed by atoms with van der Waals surface area (Å²) in [7, 11) is 0. The van der Waals surface area contributed by atoms with Crippen molar-refractivity contribution in [2.24, 2.45) is 0 Å². The van der Waals surface area contributed by atoms with Gasteiger partial charge in [0, 0.05) is 29.6 Å². The number of hydrogen-bond donors (Lipinski definition) is 2. The Bertz CT molecular complexity index is 1090. The minimum atomic E-state index is -0.332. The molecular formula is C20H20N6O2S. The molecule has 2 N–H and O–H groups in total. The van der Waals surface area contributed by atoms with Crippen LogP contribution in [0.2, 0.25) is 0 Å². The zero-order chi connectivity index (χ0) is 21.0. The molecule has 2 aromatic heterocycles. The van der Waals surface area contributed by atoms with Crippen LogP contribution in [0.3, 0.4) is 0 Å². The highest BCUT2D eigenvalue weighted by Gasteiger charge is 2.15. The van der Waals surface area contributed by atoms with Crippen molar-refractivity contribution in [1.29, 1.82) is 5.26 Å². The summed E-state index contributed by atoms with van der Waals surface area (Å²) < 4.78 is 1.76. The van der Waals surface area contributed by atoms with Crippen molar-refractivity contribution in [2.45, 2.75) is 31.3 Å². The number of nitrogens with one attached hydrogen (secondary N) is 2. The van der Waals surface area contributed by atoms with Crippen LogP contribution in [0.1, 0.15) is 40.4 Å². The molecule has 0 fully saturated rings. The van der Waals surface area contributed by atoms with E-state index in [1.54, 1.807) is 10.7 Å². The average Bonchev–Trinajstić information content (AvgIpc) is 3.37. The summed E-state index contributed by atoms with van der Waals surface area (Å²) in [6.07, 6.45) is 3.78. The Morgan fingerprint density at radius 2 is 2.14 bits per heavy atom. The highest BCUT2D eigenvalue weighted by Crippen LogP contribution is 2.26. The molecule has 0 aliphatic heterocycles. The number of hydrogen-bond acceptors (Lipinski definition) is 6. The highest BCUT2D eigenvalue weighted by atomic mass is 32.2. The number of carbonyl (C=O) groups is 2. The highest BCUT2D eigenvalue weighted by molar-refractivity contribution is 7.98. The maximum Gasteiger partial charge on any atom is 0.269 e. The lowest BCUT2D eigenvalue weighted by molar-refractivity contribution is 0.0930. The third-order valence-electron chi connectivity index (χ3n) is 4.28. The van der Waals surface area contributed by atoms with Gasteiger partial charge in [0.15, 0.2) is 5.78 Å². The van der Waals surface area contributed by atoms with Crippen molar-refractivity contribution in [3.8, 4) is 17.3 Å². The zero-order valence-corrected chi connectivity index (χ0v) is 17.1. The number of benzene rings is 1. The van der Waals surface area contributed by atoms with E-state index in [0.717, 1.165) is 16.2 Å². The van der Waals surface area contributed by atoms with E-state index in [4.69, 9.17) is 5.26 Å². The zero-order valence-electron chi connectivity index (χ0n) is 16.3. The molecule has 0 radical (unpaired) electrons. The summed E-state index contributed by atoms with van der Waals surface area (Å²) in [5, 5.41) is 23.0. The largest absolute Gasteiger partial charge is 0.346 e. The molecule has 1 amide bonds. The van der Waals surface area contributed by atoms with Crippen molar-refractivity contribution >= 4 is 23.5 Å². The third-order valence-corrected chi connectivity index (χ3v) is 5.06. The maximum absolute atomic E-state index is 12.3. The van der Waals surface area contributed by atoms with E-state index in [1.807, 2.05) is 37.6 Å². The van der Waals surface area contributed by atoms with Crippen molar-refractivity contribution in [3.63, 3.8) is 0 Å². The standard InChI is InChI=1S/C20H20N6O2S/c1-12(22-20(28)18-9-17(13(2)27)23-24-18)11-26-7-6-16(25-26)14-4-5-15(10-21)19(8-14)29-3/h4-9,12H,11H2,1-3H3,(H,22,28)(H,23,24)/t12-/m0/s1. The third kappa shape index (κ3) is 4.73. The molecule has 1 aromatic carbocycles. The number of amides is 1. The van der Waals surface area contributed by atoms with Gasteiger partial charge in [-0.15, -0.1) is 11.8 Å². The first-order valence-corrected chi connectivity index (χ1v) is 10.1. The van der Waals surface area contributed by atoms with Gasteiger partial charge in [0.25, 0.3) is 5.91 Å². The Morgan fingerprint density at radius 1 is 1.34 bits per heavy atom. The topological polar surface area (TPSA) is 116 Å². The molecule has 1 atom stereocenters. The van der Waals surface area contributed by atoms with Gasteiger partial charge in [0.05, 0.1) is 17.8 Å². The molecule has 0 saturated carbocycles. The fraction of sp³-hybridized carbons (Fsp3) is 0.250. The Hall–Kier alpha value is -3.38. The number of H-pyrrole nitrogens is 1. The van der Waals surface area contributed by atoms with Crippen LogP contribution in [0.5, 0.6) is 0 Å². The number of aromatic nitrogens is 4. The van der Waals surface area contributed by atoms with Crippen LogP contribution in [-0.4, -0.2) is 44.0 Å². The molecule has 0 unspecified atom stereocenters. The van der Waals surface area contributed by atoms with Crippen molar-refractivity contribution in [2.75, 3.05) is 6.26 Å². The molecule has 2 heterocycles. The number of thioether (sulfide) groups is 1. The fourth-order valence-corrected chi connectivity index (χ4v) is 3.38. The Balaban J connectivity index is 1.65. The summed E-state index contributed by atoms with van der Waals surface area (Å²) in [6, 6.07) is 10.9. The lowest BCUT2D eigenvalue weighted by Gasteiger charge is -2.13. The van der Waals surface area contributed by atoms with E-state index < -0.39 is 0 Å². The quantitative estimate of drug-likeness (QED) is 0.459. The SMILES string of the molecule is CSc1cc(-c2ccn(C[C@H](C)NC(=O)c3cc(C(C)=O)n[nH]3)n2)ccc1C#N. The van der Waals surface area contributed by atoms with Gasteiger partial charge in [-0.05, 0) is 37.4 Å². The Morgan fingerprint density at radius 3 is 2.79 bits per heavy atom. The van der Waals surface area contributed by atoms with Crippen LogP contribution in [0.15, 0.2) is 41.4 Å². The molecule has 3 rings (SSSR count). The predicted octanol–water partition coefficient (Wildman–Crippen LogP) is 2.89. The van der Waals surface area contributed by atoms with Crippen molar-refractivity contribution < 1.29 is 9.59 Å². The number of nitrogens with zero attached hydrogens (tertiary/aromatic N) is 4. The van der Waals surface area contributed by atoms with Crippen LogP contribution in [0.4, 0.5) is 0 Å². The number of carbonyl (C=O) groups excluding carboxylic acids is 2. The lowest BCUT2D eigenvalue weighted by Crippen LogP contribution is -2.36. The van der Waals surface area contributed by atoms with Crippen LogP contribution in [-0.2, 0) is 6.54 Å². The first-order chi connectivity index (χ1) is 13.9. The first kappa shape index (κ1) is 20.4. The van der Waals surface area contributed by atoms with Gasteiger partial charge in [-0.3, -0.25) is 19.4 Å². The number of aromatic amines is 1. The molecule has 9 heteroatoms. The van der Waals surface area contributed by atoms with Gasteiger partial charge >= 0.3 is 0 Å². The maximum atomic E-state index is 12.3. The number of ketones is 1. The van der Waals surface area contributed by atoms with Gasteiger partial charge in [-0.2, -0.15) is 15.5 Å². The molecule has 0 spiro atoms. The van der Waals surface area contributed by atoms with Crippen molar-refractivity contribution in [3.05, 3.63) is 53.5 Å². The Kier molecular flexibility index (Phi) is 6.14. The minimum absolute atomic E-state index is 0.193.